The number of amides is 1. The molecule has 16 heavy (non-hydrogen) atoms. The van der Waals surface area contributed by atoms with E-state index in [0.717, 1.165) is 17.9 Å². The quantitative estimate of drug-likeness (QED) is 0.846. The summed E-state index contributed by atoms with van der Waals surface area (Å²) in [6.07, 6.45) is 3.42. The van der Waals surface area contributed by atoms with Crippen molar-refractivity contribution in [1.82, 2.24) is 10.3 Å². The molecule has 5 heteroatoms. The van der Waals surface area contributed by atoms with Gasteiger partial charge >= 0.3 is 0 Å². The lowest BCUT2D eigenvalue weighted by Gasteiger charge is -2.10. The number of pyridine rings is 1. The summed E-state index contributed by atoms with van der Waals surface area (Å²) in [5, 5.41) is 3.65. The number of rotatable bonds is 5. The van der Waals surface area contributed by atoms with Gasteiger partial charge in [0.2, 0.25) is 0 Å². The van der Waals surface area contributed by atoms with Crippen LogP contribution in [0.5, 0.6) is 0 Å². The van der Waals surface area contributed by atoms with Gasteiger partial charge in [-0.2, -0.15) is 0 Å². The molecule has 0 saturated carbocycles. The largest absolute Gasteiger partial charge is 0.352 e. The molecule has 0 aliphatic rings. The fraction of sp³-hybridized carbons (Fsp3) is 0.455. The minimum atomic E-state index is -0.499. The molecule has 88 valence electrons. The smallest absolute Gasteiger partial charge is 0.252 e. The number of hydrogen-bond donors (Lipinski definition) is 1. The first kappa shape index (κ1) is 13.1. The number of nitrogens with zero attached hydrogens (tertiary/aromatic N) is 1. The molecular weight excluding hydrogens is 275 g/mol. The Labute approximate surface area is 103 Å². The molecule has 0 aliphatic heterocycles. The zero-order valence-corrected chi connectivity index (χ0v) is 10.6. The second-order valence-electron chi connectivity index (χ2n) is 3.68. The fourth-order valence-electron chi connectivity index (χ4n) is 1.19. The highest BCUT2D eigenvalue weighted by Crippen LogP contribution is 2.04. The predicted octanol–water partition coefficient (Wildman–Crippen LogP) is 2.37. The standard InChI is InChI=1S/C11H14BrFN2O/c1-8(2-3-12)5-15-11(16)9-4-10(13)7-14-6-9/h4,6-8H,2-3,5H2,1H3,(H,15,16). The SMILES string of the molecule is CC(CCBr)CNC(=O)c1cncc(F)c1. The Balaban J connectivity index is 2.47. The summed E-state index contributed by atoms with van der Waals surface area (Å²) in [6, 6.07) is 1.18. The number of nitrogens with one attached hydrogen (secondary N) is 1. The molecule has 0 aliphatic carbocycles. The molecule has 0 saturated heterocycles. The number of carbonyl (C=O) groups excluding carboxylic acids is 1. The third kappa shape index (κ3) is 4.26. The predicted molar refractivity (Wildman–Crippen MR) is 64.1 cm³/mol. The Kier molecular flexibility index (Phi) is 5.38. The summed E-state index contributed by atoms with van der Waals surface area (Å²) in [6.45, 7) is 2.63. The van der Waals surface area contributed by atoms with Crippen molar-refractivity contribution < 1.29 is 9.18 Å². The molecule has 0 bridgehead atoms. The van der Waals surface area contributed by atoms with Gasteiger partial charge < -0.3 is 5.32 Å². The summed E-state index contributed by atoms with van der Waals surface area (Å²) in [4.78, 5) is 15.2. The number of aromatic nitrogens is 1. The van der Waals surface area contributed by atoms with Crippen LogP contribution in [0.3, 0.4) is 0 Å². The van der Waals surface area contributed by atoms with Crippen molar-refractivity contribution in [3.05, 3.63) is 29.8 Å². The van der Waals surface area contributed by atoms with E-state index in [1.807, 2.05) is 6.92 Å². The van der Waals surface area contributed by atoms with Crippen LogP contribution in [-0.2, 0) is 0 Å². The normalized spacial score (nSPS) is 12.2. The first-order chi connectivity index (χ1) is 7.63. The molecule has 1 unspecified atom stereocenters. The van der Waals surface area contributed by atoms with Gasteiger partial charge in [0.15, 0.2) is 0 Å². The molecule has 1 amide bonds. The van der Waals surface area contributed by atoms with Gasteiger partial charge in [0, 0.05) is 18.1 Å². The molecule has 1 aromatic rings. The molecule has 0 fully saturated rings. The fourth-order valence-corrected chi connectivity index (χ4v) is 1.97. The van der Waals surface area contributed by atoms with E-state index in [0.29, 0.717) is 12.5 Å². The average Bonchev–Trinajstić information content (AvgIpc) is 2.26. The first-order valence-corrected chi connectivity index (χ1v) is 6.20. The van der Waals surface area contributed by atoms with E-state index in [9.17, 15) is 9.18 Å². The molecule has 0 aromatic carbocycles. The number of alkyl halides is 1. The van der Waals surface area contributed by atoms with Gasteiger partial charge in [-0.1, -0.05) is 22.9 Å². The van der Waals surface area contributed by atoms with E-state index in [-0.39, 0.29) is 11.5 Å². The van der Waals surface area contributed by atoms with Crippen LogP contribution in [0.1, 0.15) is 23.7 Å². The maximum Gasteiger partial charge on any atom is 0.252 e. The Morgan fingerprint density at radius 2 is 2.38 bits per heavy atom. The van der Waals surface area contributed by atoms with Crippen LogP contribution < -0.4 is 5.32 Å². The number of halogens is 2. The van der Waals surface area contributed by atoms with Gasteiger partial charge in [-0.15, -0.1) is 0 Å². The van der Waals surface area contributed by atoms with Crippen LogP contribution in [0.25, 0.3) is 0 Å². The second-order valence-corrected chi connectivity index (χ2v) is 4.48. The summed E-state index contributed by atoms with van der Waals surface area (Å²) >= 11 is 3.34. The minimum Gasteiger partial charge on any atom is -0.352 e. The summed E-state index contributed by atoms with van der Waals surface area (Å²) in [7, 11) is 0. The second kappa shape index (κ2) is 6.58. The van der Waals surface area contributed by atoms with Gasteiger partial charge in [-0.25, -0.2) is 4.39 Å². The van der Waals surface area contributed by atoms with E-state index in [1.54, 1.807) is 0 Å². The van der Waals surface area contributed by atoms with Crippen LogP contribution in [0.15, 0.2) is 18.5 Å². The molecule has 1 aromatic heterocycles. The molecule has 1 atom stereocenters. The van der Waals surface area contributed by atoms with E-state index in [2.05, 4.69) is 26.2 Å². The number of carbonyl (C=O) groups is 1. The van der Waals surface area contributed by atoms with Gasteiger partial charge in [-0.3, -0.25) is 9.78 Å². The van der Waals surface area contributed by atoms with Gasteiger partial charge in [0.1, 0.15) is 5.82 Å². The molecule has 0 radical (unpaired) electrons. The van der Waals surface area contributed by atoms with Crippen molar-refractivity contribution >= 4 is 21.8 Å². The van der Waals surface area contributed by atoms with E-state index in [4.69, 9.17) is 0 Å². The van der Waals surface area contributed by atoms with Crippen LogP contribution in [0.2, 0.25) is 0 Å². The maximum absolute atomic E-state index is 12.8. The topological polar surface area (TPSA) is 42.0 Å². The van der Waals surface area contributed by atoms with Crippen LogP contribution in [0, 0.1) is 11.7 Å². The average molecular weight is 289 g/mol. The third-order valence-corrected chi connectivity index (χ3v) is 2.64. The zero-order valence-electron chi connectivity index (χ0n) is 9.04. The molecular formula is C11H14BrFN2O. The van der Waals surface area contributed by atoms with E-state index in [1.165, 1.54) is 12.3 Å². The molecule has 1 heterocycles. The zero-order chi connectivity index (χ0) is 12.0. The van der Waals surface area contributed by atoms with E-state index < -0.39 is 5.82 Å². The Bertz CT molecular complexity index is 360. The molecule has 1 rings (SSSR count). The number of hydrogen-bond acceptors (Lipinski definition) is 2. The Morgan fingerprint density at radius 1 is 1.62 bits per heavy atom. The van der Waals surface area contributed by atoms with Gasteiger partial charge in [0.05, 0.1) is 11.8 Å². The molecule has 3 nitrogen and oxygen atoms in total. The van der Waals surface area contributed by atoms with Crippen molar-refractivity contribution in [2.45, 2.75) is 13.3 Å². The lowest BCUT2D eigenvalue weighted by atomic mass is 10.1. The molecule has 1 N–H and O–H groups in total. The van der Waals surface area contributed by atoms with Crippen molar-refractivity contribution in [3.63, 3.8) is 0 Å². The van der Waals surface area contributed by atoms with Crippen molar-refractivity contribution in [3.8, 4) is 0 Å². The van der Waals surface area contributed by atoms with Gasteiger partial charge in [-0.05, 0) is 18.4 Å². The highest BCUT2D eigenvalue weighted by molar-refractivity contribution is 9.09. The molecule has 0 spiro atoms. The highest BCUT2D eigenvalue weighted by Gasteiger charge is 2.08. The lowest BCUT2D eigenvalue weighted by molar-refractivity contribution is 0.0947. The summed E-state index contributed by atoms with van der Waals surface area (Å²) in [5.74, 6) is -0.389. The summed E-state index contributed by atoms with van der Waals surface area (Å²) in [5.41, 5.74) is 0.256. The lowest BCUT2D eigenvalue weighted by Crippen LogP contribution is -2.28. The van der Waals surface area contributed by atoms with E-state index >= 15 is 0 Å². The van der Waals surface area contributed by atoms with Crippen LogP contribution >= 0.6 is 15.9 Å². The Hall–Kier alpha value is -0.970. The third-order valence-electron chi connectivity index (χ3n) is 2.18. The minimum absolute atomic E-state index is 0.256. The maximum atomic E-state index is 12.8. The summed E-state index contributed by atoms with van der Waals surface area (Å²) < 4.78 is 12.8. The highest BCUT2D eigenvalue weighted by atomic mass is 79.9. The monoisotopic (exact) mass is 288 g/mol. The van der Waals surface area contributed by atoms with Crippen molar-refractivity contribution in [1.29, 1.82) is 0 Å². The van der Waals surface area contributed by atoms with Gasteiger partial charge in [0.25, 0.3) is 5.91 Å². The first-order valence-electron chi connectivity index (χ1n) is 5.08. The van der Waals surface area contributed by atoms with Crippen molar-refractivity contribution in [2.75, 3.05) is 11.9 Å². The van der Waals surface area contributed by atoms with Crippen molar-refractivity contribution in [2.24, 2.45) is 5.92 Å². The Morgan fingerprint density at radius 3 is 3.00 bits per heavy atom. The van der Waals surface area contributed by atoms with Crippen LogP contribution in [0.4, 0.5) is 4.39 Å². The van der Waals surface area contributed by atoms with Crippen LogP contribution in [-0.4, -0.2) is 22.8 Å².